The fraction of sp³-hybridized carbons (Fsp3) is 0.464. The third-order valence-corrected chi connectivity index (χ3v) is 8.91. The van der Waals surface area contributed by atoms with E-state index >= 15 is 8.78 Å². The second-order valence-electron chi connectivity index (χ2n) is 11.1. The molecule has 3 fully saturated rings. The van der Waals surface area contributed by atoms with Gasteiger partial charge in [0.1, 0.15) is 0 Å². The van der Waals surface area contributed by atoms with Crippen molar-refractivity contribution in [1.29, 1.82) is 0 Å². The van der Waals surface area contributed by atoms with Crippen LogP contribution in [0.5, 0.6) is 11.6 Å². The number of nitrogens with one attached hydrogen (secondary N) is 3. The Bertz CT molecular complexity index is 1390. The van der Waals surface area contributed by atoms with Crippen molar-refractivity contribution in [2.75, 3.05) is 18.4 Å². The maximum atomic E-state index is 15.4. The minimum atomic E-state index is -2.38. The number of rotatable bonds is 9. The van der Waals surface area contributed by atoms with E-state index in [0.717, 1.165) is 51.6 Å². The van der Waals surface area contributed by atoms with Crippen LogP contribution in [0.1, 0.15) is 56.6 Å². The molecule has 6 rings (SSSR count). The van der Waals surface area contributed by atoms with Crippen LogP contribution in [0.2, 0.25) is 0 Å². The molecule has 1 aliphatic heterocycles. The Labute approximate surface area is 234 Å². The number of benzene rings is 1. The molecule has 3 heterocycles. The van der Waals surface area contributed by atoms with Crippen molar-refractivity contribution < 1.29 is 22.3 Å². The van der Waals surface area contributed by atoms with E-state index in [2.05, 4.69) is 30.3 Å². The van der Waals surface area contributed by atoms with Gasteiger partial charge in [-0.05, 0) is 80.7 Å². The van der Waals surface area contributed by atoms with Crippen LogP contribution >= 0.6 is 0 Å². The molecule has 0 amide bonds. The Morgan fingerprint density at radius 3 is 2.67 bits per heavy atom. The third kappa shape index (κ3) is 5.58. The first-order chi connectivity index (χ1) is 19.4. The molecule has 40 heavy (non-hydrogen) atoms. The standard InChI is InChI=1S/C28H32F2N6O3S/c29-23-20(25(36-40(37)38)17-14-28(15-17)9-3-10-28)6-7-22(24(23)30)39-26-19(5-2-12-32-26)21-8-13-33-27(35-21)34-18-4-1-11-31-16-18/h2,5-8,12-13,17-18,25,31,36H,1,3-4,9-11,14-16H2,(H,37,38)(H,33,34,35)/t18-,25-/m0/s1. The van der Waals surface area contributed by atoms with Gasteiger partial charge in [-0.3, -0.25) is 4.55 Å². The fourth-order valence-electron chi connectivity index (χ4n) is 6.27. The topological polar surface area (TPSA) is 121 Å². The average Bonchev–Trinajstić information content (AvgIpc) is 2.90. The average molecular weight is 571 g/mol. The number of nitrogens with zero attached hydrogens (tertiary/aromatic N) is 3. The zero-order valence-electron chi connectivity index (χ0n) is 21.9. The summed E-state index contributed by atoms with van der Waals surface area (Å²) in [6.45, 7) is 1.81. The van der Waals surface area contributed by atoms with Gasteiger partial charge >= 0.3 is 0 Å². The van der Waals surface area contributed by atoms with Crippen molar-refractivity contribution in [1.82, 2.24) is 25.0 Å². The van der Waals surface area contributed by atoms with Gasteiger partial charge in [-0.15, -0.1) is 0 Å². The van der Waals surface area contributed by atoms with Crippen molar-refractivity contribution >= 4 is 17.2 Å². The zero-order chi connectivity index (χ0) is 27.7. The van der Waals surface area contributed by atoms with Gasteiger partial charge in [0, 0.05) is 30.5 Å². The highest BCUT2D eigenvalue weighted by Gasteiger charge is 2.51. The summed E-state index contributed by atoms with van der Waals surface area (Å²) in [5.74, 6) is -2.16. The molecule has 9 nitrogen and oxygen atoms in total. The highest BCUT2D eigenvalue weighted by atomic mass is 32.2. The Morgan fingerprint density at radius 2 is 1.95 bits per heavy atom. The maximum absolute atomic E-state index is 15.4. The van der Waals surface area contributed by atoms with Gasteiger partial charge in [0.2, 0.25) is 28.9 Å². The van der Waals surface area contributed by atoms with E-state index in [4.69, 9.17) is 4.74 Å². The molecular formula is C28H32F2N6O3S. The second kappa shape index (κ2) is 11.4. The number of anilines is 1. The lowest BCUT2D eigenvalue weighted by atomic mass is 9.50. The molecular weight excluding hydrogens is 538 g/mol. The van der Waals surface area contributed by atoms with E-state index in [1.54, 1.807) is 24.4 Å². The molecule has 1 spiro atoms. The predicted octanol–water partition coefficient (Wildman–Crippen LogP) is 5.12. The third-order valence-electron chi connectivity index (χ3n) is 8.46. The van der Waals surface area contributed by atoms with E-state index < -0.39 is 28.9 Å². The summed E-state index contributed by atoms with van der Waals surface area (Å²) in [6.07, 6.45) is 10.3. The molecule has 12 heteroatoms. The lowest BCUT2D eigenvalue weighted by Gasteiger charge is -2.56. The lowest BCUT2D eigenvalue weighted by Crippen LogP contribution is -2.48. The van der Waals surface area contributed by atoms with Crippen LogP contribution < -0.4 is 20.1 Å². The Kier molecular flexibility index (Phi) is 7.76. The Balaban J connectivity index is 1.23. The van der Waals surface area contributed by atoms with E-state index in [9.17, 15) is 8.76 Å². The number of hydrogen-bond acceptors (Lipinski definition) is 7. The molecule has 3 atom stereocenters. The summed E-state index contributed by atoms with van der Waals surface area (Å²) in [5, 5.41) is 6.68. The van der Waals surface area contributed by atoms with Gasteiger partial charge in [-0.25, -0.2) is 28.3 Å². The highest BCUT2D eigenvalue weighted by molar-refractivity contribution is 7.77. The summed E-state index contributed by atoms with van der Waals surface area (Å²) in [6, 6.07) is 7.33. The van der Waals surface area contributed by atoms with Gasteiger partial charge in [0.25, 0.3) is 0 Å². The predicted molar refractivity (Wildman–Crippen MR) is 147 cm³/mol. The molecule has 0 radical (unpaired) electrons. The minimum absolute atomic E-state index is 0.0105. The smallest absolute Gasteiger partial charge is 0.232 e. The van der Waals surface area contributed by atoms with Gasteiger partial charge in [-0.2, -0.15) is 4.39 Å². The molecule has 2 aliphatic carbocycles. The van der Waals surface area contributed by atoms with E-state index in [1.165, 1.54) is 24.8 Å². The van der Waals surface area contributed by atoms with Gasteiger partial charge in [-0.1, -0.05) is 12.5 Å². The second-order valence-corrected chi connectivity index (χ2v) is 11.8. The van der Waals surface area contributed by atoms with Gasteiger partial charge in [0.15, 0.2) is 11.6 Å². The summed E-state index contributed by atoms with van der Waals surface area (Å²) >= 11 is -2.38. The molecule has 0 bridgehead atoms. The molecule has 212 valence electrons. The monoisotopic (exact) mass is 570 g/mol. The Morgan fingerprint density at radius 1 is 1.10 bits per heavy atom. The zero-order valence-corrected chi connectivity index (χ0v) is 22.7. The van der Waals surface area contributed by atoms with Crippen molar-refractivity contribution in [2.45, 2.75) is 57.0 Å². The SMILES string of the molecule is O=S(O)N[C@H](c1ccc(Oc2ncccc2-c2ccnc(N[C@H]3CCCNC3)n2)c(F)c1F)C1CC2(CCC2)C1. The summed E-state index contributed by atoms with van der Waals surface area (Å²) in [4.78, 5) is 13.2. The summed E-state index contributed by atoms with van der Waals surface area (Å²) < 4.78 is 60.3. The van der Waals surface area contributed by atoms with Crippen LogP contribution in [0.15, 0.2) is 42.7 Å². The molecule has 2 saturated carbocycles. The van der Waals surface area contributed by atoms with Crippen LogP contribution in [-0.2, 0) is 11.3 Å². The van der Waals surface area contributed by atoms with Crippen molar-refractivity contribution in [2.24, 2.45) is 11.3 Å². The fourth-order valence-corrected chi connectivity index (χ4v) is 6.80. The van der Waals surface area contributed by atoms with E-state index in [-0.39, 0.29) is 34.6 Å². The van der Waals surface area contributed by atoms with Crippen LogP contribution in [0.4, 0.5) is 14.7 Å². The van der Waals surface area contributed by atoms with Crippen molar-refractivity contribution in [3.63, 3.8) is 0 Å². The quantitative estimate of drug-likeness (QED) is 0.262. The minimum Gasteiger partial charge on any atom is -0.435 e. The largest absolute Gasteiger partial charge is 0.435 e. The van der Waals surface area contributed by atoms with Crippen LogP contribution in [0.3, 0.4) is 0 Å². The number of piperidine rings is 1. The van der Waals surface area contributed by atoms with Crippen LogP contribution in [0.25, 0.3) is 11.3 Å². The molecule has 1 saturated heterocycles. The van der Waals surface area contributed by atoms with Crippen LogP contribution in [0, 0.1) is 23.0 Å². The summed E-state index contributed by atoms with van der Waals surface area (Å²) in [7, 11) is 0. The normalized spacial score (nSPS) is 21.7. The first kappa shape index (κ1) is 27.1. The van der Waals surface area contributed by atoms with Gasteiger partial charge < -0.3 is 15.4 Å². The summed E-state index contributed by atoms with van der Waals surface area (Å²) in [5.41, 5.74) is 1.29. The molecule has 2 aromatic heterocycles. The van der Waals surface area contributed by atoms with Gasteiger partial charge in [0.05, 0.1) is 17.3 Å². The van der Waals surface area contributed by atoms with Crippen LogP contribution in [-0.4, -0.2) is 42.8 Å². The molecule has 3 aliphatic rings. The van der Waals surface area contributed by atoms with Crippen molar-refractivity contribution in [3.05, 3.63) is 59.9 Å². The number of aromatic nitrogens is 3. The first-order valence-corrected chi connectivity index (χ1v) is 14.8. The molecule has 3 aromatic rings. The van der Waals surface area contributed by atoms with Crippen molar-refractivity contribution in [3.8, 4) is 22.9 Å². The number of halogens is 2. The molecule has 1 unspecified atom stereocenters. The van der Waals surface area contributed by atoms with E-state index in [1.807, 2.05) is 0 Å². The number of hydrogen-bond donors (Lipinski definition) is 4. The highest BCUT2D eigenvalue weighted by Crippen LogP contribution is 2.61. The molecule has 4 N–H and O–H groups in total. The number of ether oxygens (including phenoxy) is 1. The number of pyridine rings is 1. The Hall–Kier alpha value is -3.06. The molecule has 1 aromatic carbocycles. The van der Waals surface area contributed by atoms with E-state index in [0.29, 0.717) is 17.2 Å². The first-order valence-electron chi connectivity index (χ1n) is 13.7. The lowest BCUT2D eigenvalue weighted by molar-refractivity contribution is -0.0382. The maximum Gasteiger partial charge on any atom is 0.232 e.